The molecule has 1 amide bonds. The number of amides is 1. The van der Waals surface area contributed by atoms with E-state index in [9.17, 15) is 9.59 Å². The van der Waals surface area contributed by atoms with Crippen LogP contribution in [0.25, 0.3) is 11.0 Å². The highest BCUT2D eigenvalue weighted by Gasteiger charge is 2.48. The van der Waals surface area contributed by atoms with Crippen molar-refractivity contribution in [2.45, 2.75) is 19.4 Å². The number of para-hydroxylation sites is 2. The minimum Gasteiger partial charge on any atom is -0.465 e. The van der Waals surface area contributed by atoms with Gasteiger partial charge in [-0.1, -0.05) is 41.9 Å². The summed E-state index contributed by atoms with van der Waals surface area (Å²) >= 11 is 6.55. The van der Waals surface area contributed by atoms with Gasteiger partial charge < -0.3 is 14.0 Å². The van der Waals surface area contributed by atoms with Crippen molar-refractivity contribution in [3.63, 3.8) is 0 Å². The summed E-state index contributed by atoms with van der Waals surface area (Å²) in [5.74, 6) is -1.50. The molecule has 0 radical (unpaired) electrons. The molecule has 0 saturated carbocycles. The average molecular weight is 442 g/mol. The normalized spacial score (nSPS) is 18.3. The van der Waals surface area contributed by atoms with Crippen LogP contribution in [0.5, 0.6) is 0 Å². The number of aromatic nitrogens is 2. The summed E-state index contributed by atoms with van der Waals surface area (Å²) in [5, 5.41) is 0.478. The number of ether oxygens (including phenoxy) is 2. The summed E-state index contributed by atoms with van der Waals surface area (Å²) in [6.07, 6.45) is 0.609. The van der Waals surface area contributed by atoms with Gasteiger partial charge in [-0.2, -0.15) is 0 Å². The molecule has 1 aliphatic heterocycles. The molecule has 31 heavy (non-hydrogen) atoms. The molecule has 7 nitrogen and oxygen atoms in total. The van der Waals surface area contributed by atoms with Crippen molar-refractivity contribution >= 4 is 40.5 Å². The second-order valence-corrected chi connectivity index (χ2v) is 7.71. The maximum absolute atomic E-state index is 13.7. The van der Waals surface area contributed by atoms with E-state index in [1.54, 1.807) is 25.0 Å². The number of carbonyl (C=O) groups is 2. The van der Waals surface area contributed by atoms with Gasteiger partial charge in [0, 0.05) is 25.3 Å². The summed E-state index contributed by atoms with van der Waals surface area (Å²) in [7, 11) is 1.61. The molecule has 1 aromatic heterocycles. The molecule has 3 aromatic rings. The summed E-state index contributed by atoms with van der Waals surface area (Å²) in [6.45, 7) is 2.77. The van der Waals surface area contributed by atoms with Gasteiger partial charge in [-0.25, -0.2) is 4.98 Å². The Kier molecular flexibility index (Phi) is 6.25. The Morgan fingerprint density at radius 3 is 2.65 bits per heavy atom. The summed E-state index contributed by atoms with van der Waals surface area (Å²) in [6, 6.07) is 14.2. The van der Waals surface area contributed by atoms with Crippen LogP contribution in [0.15, 0.2) is 48.5 Å². The lowest BCUT2D eigenvalue weighted by molar-refractivity contribution is -0.153. The number of carbonyl (C=O) groups excluding carboxylic acids is 2. The topological polar surface area (TPSA) is 73.7 Å². The molecule has 2 aromatic carbocycles. The predicted molar refractivity (Wildman–Crippen MR) is 118 cm³/mol. The largest absolute Gasteiger partial charge is 0.465 e. The minimum atomic E-state index is -1.08. The SMILES string of the molecule is CCOC(=O)[C@H]1C(=O)N(CCCOC)c2nc3ccccc3n2[C@H]1c1ccccc1Cl. The third kappa shape index (κ3) is 3.79. The average Bonchev–Trinajstić information content (AvgIpc) is 3.14. The molecule has 0 fully saturated rings. The van der Waals surface area contributed by atoms with Gasteiger partial charge in [0.2, 0.25) is 11.9 Å². The first-order valence-electron chi connectivity index (χ1n) is 10.3. The Balaban J connectivity index is 1.96. The smallest absolute Gasteiger partial charge is 0.321 e. The van der Waals surface area contributed by atoms with Crippen LogP contribution in [0, 0.1) is 5.92 Å². The van der Waals surface area contributed by atoms with Crippen LogP contribution in [0.3, 0.4) is 0 Å². The molecular weight excluding hydrogens is 418 g/mol. The first kappa shape index (κ1) is 21.3. The number of imidazole rings is 1. The van der Waals surface area contributed by atoms with Crippen molar-refractivity contribution in [1.82, 2.24) is 9.55 Å². The first-order chi connectivity index (χ1) is 15.1. The number of rotatable bonds is 7. The monoisotopic (exact) mass is 441 g/mol. The van der Waals surface area contributed by atoms with Gasteiger partial charge in [0.15, 0.2) is 5.92 Å². The highest BCUT2D eigenvalue weighted by Crippen LogP contribution is 2.43. The van der Waals surface area contributed by atoms with Crippen LogP contribution in [0.1, 0.15) is 24.9 Å². The van der Waals surface area contributed by atoms with E-state index in [2.05, 4.69) is 0 Å². The van der Waals surface area contributed by atoms with E-state index >= 15 is 0 Å². The molecule has 4 rings (SSSR count). The third-order valence-electron chi connectivity index (χ3n) is 5.44. The van der Waals surface area contributed by atoms with Crippen molar-refractivity contribution in [3.05, 3.63) is 59.1 Å². The van der Waals surface area contributed by atoms with E-state index in [1.807, 2.05) is 47.0 Å². The van der Waals surface area contributed by atoms with Gasteiger partial charge in [-0.15, -0.1) is 0 Å². The number of hydrogen-bond donors (Lipinski definition) is 0. The van der Waals surface area contributed by atoms with E-state index in [1.165, 1.54) is 0 Å². The second kappa shape index (κ2) is 9.08. The molecule has 0 aliphatic carbocycles. The minimum absolute atomic E-state index is 0.180. The van der Waals surface area contributed by atoms with Crippen LogP contribution in [0.4, 0.5) is 5.95 Å². The van der Waals surface area contributed by atoms with E-state index in [0.29, 0.717) is 36.1 Å². The third-order valence-corrected chi connectivity index (χ3v) is 5.78. The summed E-state index contributed by atoms with van der Waals surface area (Å²) in [5.41, 5.74) is 2.24. The molecule has 0 bridgehead atoms. The van der Waals surface area contributed by atoms with Crippen LogP contribution in [-0.2, 0) is 19.1 Å². The first-order valence-corrected chi connectivity index (χ1v) is 10.6. The summed E-state index contributed by atoms with van der Waals surface area (Å²) < 4.78 is 12.4. The number of nitrogens with zero attached hydrogens (tertiary/aromatic N) is 3. The molecule has 162 valence electrons. The van der Waals surface area contributed by atoms with Crippen molar-refractivity contribution < 1.29 is 19.1 Å². The lowest BCUT2D eigenvalue weighted by Gasteiger charge is -2.38. The fraction of sp³-hybridized carbons (Fsp3) is 0.348. The number of esters is 1. The highest BCUT2D eigenvalue weighted by molar-refractivity contribution is 6.31. The predicted octanol–water partition coefficient (Wildman–Crippen LogP) is 3.84. The molecule has 1 aliphatic rings. The molecule has 0 unspecified atom stereocenters. The number of methoxy groups -OCH3 is 1. The quantitative estimate of drug-likeness (QED) is 0.316. The Bertz CT molecular complexity index is 1110. The fourth-order valence-electron chi connectivity index (χ4n) is 4.12. The maximum atomic E-state index is 13.7. The Morgan fingerprint density at radius 1 is 1.16 bits per heavy atom. The fourth-order valence-corrected chi connectivity index (χ4v) is 4.37. The number of fused-ring (bicyclic) bond motifs is 3. The van der Waals surface area contributed by atoms with Gasteiger partial charge in [-0.05, 0) is 37.1 Å². The van der Waals surface area contributed by atoms with Crippen LogP contribution in [0.2, 0.25) is 5.02 Å². The molecule has 0 saturated heterocycles. The second-order valence-electron chi connectivity index (χ2n) is 7.30. The number of halogens is 1. The Hall–Kier alpha value is -2.90. The van der Waals surface area contributed by atoms with Gasteiger partial charge in [-0.3, -0.25) is 14.5 Å². The highest BCUT2D eigenvalue weighted by atomic mass is 35.5. The maximum Gasteiger partial charge on any atom is 0.321 e. The van der Waals surface area contributed by atoms with Crippen molar-refractivity contribution in [1.29, 1.82) is 0 Å². The van der Waals surface area contributed by atoms with Gasteiger partial charge in [0.25, 0.3) is 0 Å². The van der Waals surface area contributed by atoms with Crippen molar-refractivity contribution in [2.24, 2.45) is 5.92 Å². The zero-order valence-electron chi connectivity index (χ0n) is 17.5. The van der Waals surface area contributed by atoms with Crippen molar-refractivity contribution in [2.75, 3.05) is 31.8 Å². The Labute approximate surface area is 185 Å². The van der Waals surface area contributed by atoms with Crippen LogP contribution < -0.4 is 4.90 Å². The van der Waals surface area contributed by atoms with Gasteiger partial charge in [0.1, 0.15) is 0 Å². The number of benzene rings is 2. The molecular formula is C23H24ClN3O4. The molecule has 2 atom stereocenters. The number of hydrogen-bond acceptors (Lipinski definition) is 5. The lowest BCUT2D eigenvalue weighted by Crippen LogP contribution is -2.50. The Morgan fingerprint density at radius 2 is 1.90 bits per heavy atom. The van der Waals surface area contributed by atoms with E-state index < -0.39 is 17.9 Å². The zero-order valence-corrected chi connectivity index (χ0v) is 18.2. The van der Waals surface area contributed by atoms with Crippen LogP contribution >= 0.6 is 11.6 Å². The molecule has 8 heteroatoms. The van der Waals surface area contributed by atoms with E-state index in [0.717, 1.165) is 11.0 Å². The van der Waals surface area contributed by atoms with Crippen molar-refractivity contribution in [3.8, 4) is 0 Å². The lowest BCUT2D eigenvalue weighted by atomic mass is 9.89. The van der Waals surface area contributed by atoms with Crippen LogP contribution in [-0.4, -0.2) is 48.3 Å². The van der Waals surface area contributed by atoms with E-state index in [-0.39, 0.29) is 12.5 Å². The molecule has 0 N–H and O–H groups in total. The standard InChI is InChI=1S/C23H24ClN3O4/c1-3-31-22(29)19-20(15-9-4-5-10-16(15)24)27-18-12-7-6-11-17(18)25-23(27)26(21(19)28)13-8-14-30-2/h4-7,9-12,19-20H,3,8,13-14H2,1-2H3/t19-,20+/m1/s1. The van der Waals surface area contributed by atoms with Gasteiger partial charge in [0.05, 0.1) is 23.7 Å². The number of anilines is 1. The van der Waals surface area contributed by atoms with E-state index in [4.69, 9.17) is 26.1 Å². The zero-order chi connectivity index (χ0) is 22.0. The summed E-state index contributed by atoms with van der Waals surface area (Å²) in [4.78, 5) is 33.0. The van der Waals surface area contributed by atoms with Gasteiger partial charge >= 0.3 is 5.97 Å². The molecule has 2 heterocycles. The molecule has 0 spiro atoms.